The van der Waals surface area contributed by atoms with Crippen molar-refractivity contribution < 1.29 is 9.47 Å². The molecule has 1 aromatic carbocycles. The minimum absolute atomic E-state index is 0.209. The Balaban J connectivity index is 1.40. The Morgan fingerprint density at radius 3 is 2.86 bits per heavy atom. The number of anilines is 3. The lowest BCUT2D eigenvalue weighted by Gasteiger charge is -2.21. The zero-order valence-electron chi connectivity index (χ0n) is 21.2. The second kappa shape index (κ2) is 10.1. The van der Waals surface area contributed by atoms with Crippen LogP contribution in [0.2, 0.25) is 0 Å². The van der Waals surface area contributed by atoms with Gasteiger partial charge in [0.25, 0.3) is 0 Å². The zero-order valence-corrected chi connectivity index (χ0v) is 21.2. The summed E-state index contributed by atoms with van der Waals surface area (Å²) in [6.45, 7) is 9.19. The van der Waals surface area contributed by atoms with Crippen molar-refractivity contribution in [2.75, 3.05) is 37.0 Å². The van der Waals surface area contributed by atoms with Crippen molar-refractivity contribution >= 4 is 28.4 Å². The fraction of sp³-hybridized carbons (Fsp3) is 0.423. The molecule has 4 aromatic rings. The number of hydrogen-bond donors (Lipinski definition) is 2. The summed E-state index contributed by atoms with van der Waals surface area (Å²) < 4.78 is 13.4. The summed E-state index contributed by atoms with van der Waals surface area (Å²) in [5, 5.41) is 15.9. The van der Waals surface area contributed by atoms with Crippen molar-refractivity contribution in [2.45, 2.75) is 33.6 Å². The molecule has 1 atom stereocenters. The van der Waals surface area contributed by atoms with Crippen LogP contribution in [0, 0.1) is 12.3 Å². The quantitative estimate of drug-likeness (QED) is 0.352. The minimum atomic E-state index is 0.209. The lowest BCUT2D eigenvalue weighted by atomic mass is 9.86. The van der Waals surface area contributed by atoms with E-state index in [1.165, 1.54) is 0 Å². The molecule has 0 amide bonds. The summed E-state index contributed by atoms with van der Waals surface area (Å²) >= 11 is 0. The maximum atomic E-state index is 5.92. The fourth-order valence-corrected chi connectivity index (χ4v) is 4.45. The second-order valence-corrected chi connectivity index (χ2v) is 9.57. The fourth-order valence-electron chi connectivity index (χ4n) is 4.45. The van der Waals surface area contributed by atoms with Crippen molar-refractivity contribution in [1.29, 1.82) is 0 Å². The number of fused-ring (bicyclic) bond motifs is 1. The van der Waals surface area contributed by atoms with Gasteiger partial charge < -0.3 is 24.7 Å². The summed E-state index contributed by atoms with van der Waals surface area (Å²) in [4.78, 5) is 14.1. The van der Waals surface area contributed by atoms with Gasteiger partial charge in [-0.05, 0) is 56.4 Å². The number of nitrogens with zero attached hydrogens (tertiary/aromatic N) is 6. The molecule has 36 heavy (non-hydrogen) atoms. The monoisotopic (exact) mass is 488 g/mol. The summed E-state index contributed by atoms with van der Waals surface area (Å²) in [7, 11) is 1.91. The van der Waals surface area contributed by atoms with E-state index in [1.54, 1.807) is 6.33 Å². The minimum Gasteiger partial charge on any atom is -0.492 e. The van der Waals surface area contributed by atoms with Gasteiger partial charge in [-0.3, -0.25) is 0 Å². The number of hydrogen-bond acceptors (Lipinski definition) is 9. The molecular weight excluding hydrogens is 456 g/mol. The van der Waals surface area contributed by atoms with E-state index in [1.807, 2.05) is 55.9 Å². The smallest absolute Gasteiger partial charge is 0.227 e. The van der Waals surface area contributed by atoms with Crippen LogP contribution in [0.15, 0.2) is 36.8 Å². The number of aryl methyl sites for hydroxylation is 2. The first-order valence-electron chi connectivity index (χ1n) is 12.3. The zero-order chi connectivity index (χ0) is 25.1. The molecule has 10 heteroatoms. The largest absolute Gasteiger partial charge is 0.492 e. The highest BCUT2D eigenvalue weighted by Gasteiger charge is 2.29. The molecular formula is C26H32N8O2. The van der Waals surface area contributed by atoms with Crippen LogP contribution in [0.4, 0.5) is 17.5 Å². The van der Waals surface area contributed by atoms with Crippen LogP contribution < -0.4 is 15.4 Å². The van der Waals surface area contributed by atoms with Crippen LogP contribution in [-0.2, 0) is 11.8 Å². The Kier molecular flexibility index (Phi) is 6.69. The Morgan fingerprint density at radius 1 is 1.22 bits per heavy atom. The molecule has 1 unspecified atom stereocenters. The first-order valence-corrected chi connectivity index (χ1v) is 12.3. The first-order chi connectivity index (χ1) is 17.4. The highest BCUT2D eigenvalue weighted by molar-refractivity contribution is 5.89. The van der Waals surface area contributed by atoms with Gasteiger partial charge in [0.2, 0.25) is 5.95 Å². The Bertz CT molecular complexity index is 1360. The topological polar surface area (TPSA) is 112 Å². The van der Waals surface area contributed by atoms with Gasteiger partial charge >= 0.3 is 0 Å². The van der Waals surface area contributed by atoms with Gasteiger partial charge in [0.05, 0.1) is 18.9 Å². The molecule has 1 aliphatic heterocycles. The highest BCUT2D eigenvalue weighted by atomic mass is 16.5. The normalized spacial score (nSPS) is 17.4. The van der Waals surface area contributed by atoms with Crippen molar-refractivity contribution in [3.05, 3.63) is 42.5 Å². The second-order valence-electron chi connectivity index (χ2n) is 9.57. The maximum Gasteiger partial charge on any atom is 0.227 e. The van der Waals surface area contributed by atoms with E-state index in [-0.39, 0.29) is 5.41 Å². The van der Waals surface area contributed by atoms with Crippen LogP contribution >= 0.6 is 0 Å². The molecule has 4 heterocycles. The van der Waals surface area contributed by atoms with Gasteiger partial charge in [-0.25, -0.2) is 15.0 Å². The third-order valence-corrected chi connectivity index (χ3v) is 6.51. The molecule has 0 aliphatic carbocycles. The predicted octanol–water partition coefficient (Wildman–Crippen LogP) is 4.50. The average Bonchev–Trinajstić information content (AvgIpc) is 3.49. The van der Waals surface area contributed by atoms with Gasteiger partial charge in [0.15, 0.2) is 11.6 Å². The molecule has 3 aromatic heterocycles. The van der Waals surface area contributed by atoms with E-state index < -0.39 is 0 Å². The van der Waals surface area contributed by atoms with Crippen LogP contribution in [0.3, 0.4) is 0 Å². The van der Waals surface area contributed by atoms with Crippen LogP contribution in [0.5, 0.6) is 5.75 Å². The standard InChI is InChI=1S/C26H32N8O2/c1-5-36-21-13-18(24-33-29-16-34(24)4)6-7-20(21)31-25-28-14-19-12-17(2)30-23(22(19)32-25)27-10-8-26(3)9-11-35-15-26/h6-7,12-14,16H,5,8-11,15H2,1-4H3,(H,27,30)(H,28,31,32). The lowest BCUT2D eigenvalue weighted by Crippen LogP contribution is -2.21. The van der Waals surface area contributed by atoms with Crippen molar-refractivity contribution in [3.8, 4) is 17.1 Å². The molecule has 0 radical (unpaired) electrons. The van der Waals surface area contributed by atoms with E-state index in [2.05, 4.69) is 32.7 Å². The van der Waals surface area contributed by atoms with E-state index in [4.69, 9.17) is 19.4 Å². The number of rotatable bonds is 9. The predicted molar refractivity (Wildman–Crippen MR) is 140 cm³/mol. The van der Waals surface area contributed by atoms with Gasteiger partial charge in [-0.15, -0.1) is 10.2 Å². The van der Waals surface area contributed by atoms with Crippen molar-refractivity contribution in [1.82, 2.24) is 29.7 Å². The van der Waals surface area contributed by atoms with Crippen molar-refractivity contribution in [2.24, 2.45) is 12.5 Å². The molecule has 2 N–H and O–H groups in total. The van der Waals surface area contributed by atoms with Gasteiger partial charge in [0.1, 0.15) is 17.6 Å². The Morgan fingerprint density at radius 2 is 2.11 bits per heavy atom. The van der Waals surface area contributed by atoms with Crippen LogP contribution in [0.25, 0.3) is 22.3 Å². The van der Waals surface area contributed by atoms with Crippen LogP contribution in [0.1, 0.15) is 32.4 Å². The molecule has 1 fully saturated rings. The number of ether oxygens (including phenoxy) is 2. The van der Waals surface area contributed by atoms with Crippen molar-refractivity contribution in [3.63, 3.8) is 0 Å². The van der Waals surface area contributed by atoms with Gasteiger partial charge in [0, 0.05) is 43.0 Å². The Hall–Kier alpha value is -3.79. The average molecular weight is 489 g/mol. The summed E-state index contributed by atoms with van der Waals surface area (Å²) in [6, 6.07) is 7.86. The van der Waals surface area contributed by atoms with Gasteiger partial charge in [-0.2, -0.15) is 0 Å². The molecule has 1 aliphatic rings. The molecule has 5 rings (SSSR count). The van der Waals surface area contributed by atoms with E-state index in [0.717, 1.165) is 72.1 Å². The summed E-state index contributed by atoms with van der Waals surface area (Å²) in [5.74, 6) is 2.69. The highest BCUT2D eigenvalue weighted by Crippen LogP contribution is 2.33. The lowest BCUT2D eigenvalue weighted by molar-refractivity contribution is 0.157. The van der Waals surface area contributed by atoms with Gasteiger partial charge in [-0.1, -0.05) is 6.92 Å². The molecule has 10 nitrogen and oxygen atoms in total. The van der Waals surface area contributed by atoms with E-state index in [9.17, 15) is 0 Å². The molecule has 0 saturated carbocycles. The number of nitrogens with one attached hydrogen (secondary N) is 2. The molecule has 1 saturated heterocycles. The SMILES string of the molecule is CCOc1cc(-c2nncn2C)ccc1Nc1ncc2cc(C)nc(NCCC3(C)CCOC3)c2n1. The molecule has 0 spiro atoms. The number of pyridine rings is 1. The van der Waals surface area contributed by atoms with E-state index in [0.29, 0.717) is 18.3 Å². The molecule has 0 bridgehead atoms. The summed E-state index contributed by atoms with van der Waals surface area (Å²) in [5.41, 5.74) is 3.59. The van der Waals surface area contributed by atoms with E-state index >= 15 is 0 Å². The van der Waals surface area contributed by atoms with Crippen LogP contribution in [-0.4, -0.2) is 56.1 Å². The third kappa shape index (κ3) is 5.08. The molecule has 188 valence electrons. The number of benzene rings is 1. The maximum absolute atomic E-state index is 5.92. The first kappa shape index (κ1) is 23.9. The Labute approximate surface area is 210 Å². The third-order valence-electron chi connectivity index (χ3n) is 6.51. The summed E-state index contributed by atoms with van der Waals surface area (Å²) in [6.07, 6.45) is 5.60. The number of aromatic nitrogens is 6.